The highest BCUT2D eigenvalue weighted by Crippen LogP contribution is 2.19. The molecule has 17 heteroatoms. The predicted octanol–water partition coefficient (Wildman–Crippen LogP) is 5.17. The number of hydrogen-bond donors (Lipinski definition) is 16. The van der Waals surface area contributed by atoms with Gasteiger partial charge in [0, 0.05) is 101 Å². The van der Waals surface area contributed by atoms with Crippen LogP contribution in [0, 0.1) is 0 Å². The summed E-state index contributed by atoms with van der Waals surface area (Å²) in [6.45, 7) is 4.42. The van der Waals surface area contributed by atoms with Crippen LogP contribution >= 0.6 is 0 Å². The van der Waals surface area contributed by atoms with Gasteiger partial charge in [0.1, 0.15) is 40.2 Å². The Hall–Kier alpha value is -7.71. The first-order chi connectivity index (χ1) is 40.1. The maximum Gasteiger partial charge on any atom is 0.218 e. The fraction of sp³-hybridized carbons (Fsp3) is 0.348. The normalized spacial score (nSPS) is 14.1. The summed E-state index contributed by atoms with van der Waals surface area (Å²) >= 11 is 0. The van der Waals surface area contributed by atoms with Gasteiger partial charge in [-0.1, -0.05) is 84.9 Å². The van der Waals surface area contributed by atoms with Gasteiger partial charge in [0.05, 0.1) is 0 Å². The summed E-state index contributed by atoms with van der Waals surface area (Å²) in [6.07, 6.45) is 4.78. The minimum absolute atomic E-state index is 0.0382. The Kier molecular flexibility index (Phi) is 25.3. The van der Waals surface area contributed by atoms with Crippen LogP contribution in [0.25, 0.3) is 0 Å². The average Bonchev–Trinajstić information content (AvgIpc) is 3.49. The van der Waals surface area contributed by atoms with Gasteiger partial charge in [-0.25, -0.2) is 0 Å². The van der Waals surface area contributed by atoms with Crippen LogP contribution in [0.1, 0.15) is 45.4 Å². The monoisotopic (exact) mass is 1130 g/mol. The van der Waals surface area contributed by atoms with Gasteiger partial charge < -0.3 is 84.4 Å². The van der Waals surface area contributed by atoms with E-state index in [1.54, 1.807) is 84.9 Å². The number of nitrogens with one attached hydrogen (secondary N) is 7. The van der Waals surface area contributed by atoms with Crippen molar-refractivity contribution in [3.05, 3.63) is 209 Å². The maximum absolute atomic E-state index is 11.6. The van der Waals surface area contributed by atoms with Crippen molar-refractivity contribution < 1.29 is 40.5 Å². The van der Waals surface area contributed by atoms with Crippen LogP contribution in [0.3, 0.4) is 0 Å². The Bertz CT molecular complexity index is 2940. The molecule has 18 N–H and O–H groups in total. The third-order valence-corrected chi connectivity index (χ3v) is 14.8. The minimum Gasteiger partial charge on any atom is -0.508 e. The summed E-state index contributed by atoms with van der Waals surface area (Å²) in [7, 11) is 0. The molecule has 0 saturated heterocycles. The minimum atomic E-state index is -0.374. The van der Waals surface area contributed by atoms with Crippen molar-refractivity contribution in [2.24, 2.45) is 11.5 Å². The molecular weight excluding hydrogens is 1050 g/mol. The summed E-state index contributed by atoms with van der Waals surface area (Å²) in [6, 6.07) is 50.1. The average molecular weight is 1130 g/mol. The van der Waals surface area contributed by atoms with Crippen molar-refractivity contribution in [2.75, 3.05) is 52.4 Å². The second kappa shape index (κ2) is 33.4. The Balaban J connectivity index is 1.09. The Morgan fingerprint density at radius 1 is 0.301 bits per heavy atom. The lowest BCUT2D eigenvalue weighted by Gasteiger charge is -2.30. The zero-order valence-corrected chi connectivity index (χ0v) is 47.2. The molecule has 7 aromatic carbocycles. The van der Waals surface area contributed by atoms with E-state index in [1.807, 2.05) is 84.9 Å². The van der Waals surface area contributed by atoms with Crippen molar-refractivity contribution in [1.82, 2.24) is 37.2 Å². The molecule has 0 aliphatic rings. The third-order valence-electron chi connectivity index (χ3n) is 14.8. The molecule has 0 spiro atoms. The molecular formula is C66H85N9O8. The zero-order chi connectivity index (χ0) is 58.8. The Morgan fingerprint density at radius 3 is 0.711 bits per heavy atom. The fourth-order valence-electron chi connectivity index (χ4n) is 10.2. The molecule has 0 aliphatic heterocycles. The van der Waals surface area contributed by atoms with Crippen molar-refractivity contribution >= 4 is 5.91 Å². The number of hydrogen-bond acceptors (Lipinski definition) is 16. The molecule has 7 atom stereocenters. The summed E-state index contributed by atoms with van der Waals surface area (Å²) in [5, 5.41) is 97.5. The largest absolute Gasteiger partial charge is 0.508 e. The van der Waals surface area contributed by atoms with Crippen molar-refractivity contribution in [1.29, 1.82) is 0 Å². The van der Waals surface area contributed by atoms with Crippen LogP contribution in [-0.4, -0.2) is 136 Å². The second-order valence-corrected chi connectivity index (χ2v) is 21.9. The fourth-order valence-corrected chi connectivity index (χ4v) is 10.2. The van der Waals surface area contributed by atoms with Crippen molar-refractivity contribution in [3.63, 3.8) is 0 Å². The number of nitrogens with two attached hydrogens (primary N) is 2. The lowest BCUT2D eigenvalue weighted by molar-refractivity contribution is -0.117. The van der Waals surface area contributed by atoms with Gasteiger partial charge in [0.15, 0.2) is 0 Å². The first-order valence-corrected chi connectivity index (χ1v) is 28.7. The number of carbonyl (C=O) groups excluding carboxylic acids is 1. The number of aromatic hydroxyl groups is 7. The van der Waals surface area contributed by atoms with E-state index in [9.17, 15) is 40.5 Å². The molecule has 1 amide bonds. The molecule has 0 heterocycles. The standard InChI is InChI=1S/C66H85N9O8/c67-52(31-45-1-15-59(76)16-2-45)38-70-54(33-47-5-19-61(78)20-6-47)40-72-56(35-49-9-23-63(80)24-10-49)42-74-58(37-51-13-27-65(82)28-14-51)44-75-57(36-50-11-25-64(81)26-12-50)43-73-55(34-48-7-21-62(79)22-8-48)41-71-53(39-69-30-29-66(68)83)32-46-3-17-60(77)18-4-46/h1-28,52-58,69-82H,29-44,67H2,(H2,68,83)/t52-,53-,54?,55-,56-,57-,58?/m1/s1. The number of carbonyl (C=O) groups is 1. The molecule has 83 heavy (non-hydrogen) atoms. The van der Waals surface area contributed by atoms with E-state index in [4.69, 9.17) is 11.5 Å². The van der Waals surface area contributed by atoms with Crippen molar-refractivity contribution in [2.45, 2.75) is 93.7 Å². The number of benzene rings is 7. The Labute approximate surface area is 488 Å². The molecule has 7 aromatic rings. The van der Waals surface area contributed by atoms with Crippen molar-refractivity contribution in [3.8, 4) is 40.2 Å². The summed E-state index contributed by atoms with van der Waals surface area (Å²) in [4.78, 5) is 11.6. The molecule has 17 nitrogen and oxygen atoms in total. The predicted molar refractivity (Wildman–Crippen MR) is 328 cm³/mol. The molecule has 442 valence electrons. The van der Waals surface area contributed by atoms with Gasteiger partial charge in [-0.2, -0.15) is 0 Å². The molecule has 2 unspecified atom stereocenters. The lowest BCUT2D eigenvalue weighted by Crippen LogP contribution is -2.54. The maximum atomic E-state index is 11.6. The molecule has 0 bridgehead atoms. The third kappa shape index (κ3) is 24.0. The quantitative estimate of drug-likeness (QED) is 0.0224. The van der Waals surface area contributed by atoms with Gasteiger partial charge >= 0.3 is 0 Å². The summed E-state index contributed by atoms with van der Waals surface area (Å²) in [5.41, 5.74) is 19.5. The van der Waals surface area contributed by atoms with E-state index in [0.29, 0.717) is 97.3 Å². The van der Waals surface area contributed by atoms with E-state index in [1.165, 1.54) is 0 Å². The van der Waals surface area contributed by atoms with E-state index >= 15 is 0 Å². The molecule has 0 radical (unpaired) electrons. The highest BCUT2D eigenvalue weighted by Gasteiger charge is 2.22. The van der Waals surface area contributed by atoms with Crippen LogP contribution in [0.5, 0.6) is 40.2 Å². The summed E-state index contributed by atoms with van der Waals surface area (Å²) in [5.74, 6) is 0.986. The van der Waals surface area contributed by atoms with Gasteiger partial charge in [0.2, 0.25) is 5.91 Å². The molecule has 0 fully saturated rings. The SMILES string of the molecule is NC(=O)CCNC[C@@H](Cc1ccc(O)cc1)NC[C@@H](Cc1ccc(O)cc1)NC[C@@H](Cc1ccc(O)cc1)NCC(Cc1ccc(O)cc1)NC[C@@H](Cc1ccc(O)cc1)NCC(Cc1ccc(O)cc1)NC[C@H](N)Cc1ccc(O)cc1. The van der Waals surface area contributed by atoms with Gasteiger partial charge in [-0.15, -0.1) is 0 Å². The number of rotatable bonds is 37. The zero-order valence-electron chi connectivity index (χ0n) is 47.2. The van der Waals surface area contributed by atoms with Gasteiger partial charge in [0.25, 0.3) is 0 Å². The molecule has 7 rings (SSSR count). The Morgan fingerprint density at radius 2 is 0.494 bits per heavy atom. The number of phenolic OH excluding ortho intramolecular Hbond substituents is 7. The first-order valence-electron chi connectivity index (χ1n) is 28.7. The van der Waals surface area contributed by atoms with E-state index in [0.717, 1.165) is 38.9 Å². The molecule has 0 aliphatic carbocycles. The smallest absolute Gasteiger partial charge is 0.218 e. The van der Waals surface area contributed by atoms with Crippen LogP contribution < -0.4 is 48.7 Å². The molecule has 0 aromatic heterocycles. The summed E-state index contributed by atoms with van der Waals surface area (Å²) < 4.78 is 0. The van der Waals surface area contributed by atoms with E-state index in [2.05, 4.69) is 37.2 Å². The van der Waals surface area contributed by atoms with Gasteiger partial charge in [-0.3, -0.25) is 4.79 Å². The van der Waals surface area contributed by atoms with Crippen LogP contribution in [0.2, 0.25) is 0 Å². The van der Waals surface area contributed by atoms with E-state index in [-0.39, 0.29) is 94.9 Å². The van der Waals surface area contributed by atoms with Crippen LogP contribution in [-0.2, 0) is 49.7 Å². The van der Waals surface area contributed by atoms with E-state index < -0.39 is 0 Å². The van der Waals surface area contributed by atoms with Gasteiger partial charge in [-0.05, 0) is 169 Å². The topological polar surface area (TPSA) is 295 Å². The highest BCUT2D eigenvalue weighted by molar-refractivity contribution is 5.73. The van der Waals surface area contributed by atoms with Crippen LogP contribution in [0.4, 0.5) is 0 Å². The number of phenols is 7. The number of amides is 1. The number of primary amides is 1. The van der Waals surface area contributed by atoms with Crippen LogP contribution in [0.15, 0.2) is 170 Å². The second-order valence-electron chi connectivity index (χ2n) is 21.9. The highest BCUT2D eigenvalue weighted by atomic mass is 16.3. The lowest BCUT2D eigenvalue weighted by atomic mass is 10.0. The first kappa shape index (κ1) is 62.9. The molecule has 0 saturated carbocycles.